The van der Waals surface area contributed by atoms with E-state index in [0.29, 0.717) is 16.7 Å². The van der Waals surface area contributed by atoms with Gasteiger partial charge in [-0.2, -0.15) is 0 Å². The lowest BCUT2D eigenvalue weighted by atomic mass is 9.97. The lowest BCUT2D eigenvalue weighted by Gasteiger charge is -2.12. The van der Waals surface area contributed by atoms with Crippen molar-refractivity contribution in [2.45, 2.75) is 34.6 Å². The van der Waals surface area contributed by atoms with Crippen LogP contribution in [0.5, 0.6) is 0 Å². The Kier molecular flexibility index (Phi) is 3.40. The van der Waals surface area contributed by atoms with E-state index in [-0.39, 0.29) is 5.43 Å². The van der Waals surface area contributed by atoms with Gasteiger partial charge in [-0.3, -0.25) is 4.79 Å². The Morgan fingerprint density at radius 2 is 1.55 bits per heavy atom. The molecule has 3 rings (SSSR count). The summed E-state index contributed by atoms with van der Waals surface area (Å²) in [6.45, 7) is 10.2. The zero-order valence-corrected chi connectivity index (χ0v) is 13.7. The van der Waals surface area contributed by atoms with Crippen LogP contribution in [0.15, 0.2) is 39.5 Å². The molecule has 22 heavy (non-hydrogen) atoms. The van der Waals surface area contributed by atoms with E-state index < -0.39 is 0 Å². The van der Waals surface area contributed by atoms with Crippen molar-refractivity contribution in [3.8, 4) is 11.3 Å². The first-order valence-electron chi connectivity index (χ1n) is 7.51. The van der Waals surface area contributed by atoms with Gasteiger partial charge in [0.2, 0.25) is 0 Å². The summed E-state index contributed by atoms with van der Waals surface area (Å²) in [5.41, 5.74) is 7.38. The minimum absolute atomic E-state index is 0.0198. The molecule has 0 amide bonds. The predicted molar refractivity (Wildman–Crippen MR) is 91.6 cm³/mol. The summed E-state index contributed by atoms with van der Waals surface area (Å²) in [6.07, 6.45) is 0. The van der Waals surface area contributed by atoms with Crippen molar-refractivity contribution < 1.29 is 4.42 Å². The van der Waals surface area contributed by atoms with Crippen LogP contribution in [0, 0.1) is 34.6 Å². The standard InChI is InChI=1S/C20H20O2/c1-11-8-13(3)20-17(21)10-18(22-19(20)9-11)16-7-6-12(2)14(4)15(16)5/h6-10H,1-5H3. The van der Waals surface area contributed by atoms with Crippen molar-refractivity contribution >= 4 is 11.0 Å². The molecule has 2 aromatic carbocycles. The Balaban J connectivity index is 2.34. The van der Waals surface area contributed by atoms with Crippen LogP contribution < -0.4 is 5.43 Å². The summed E-state index contributed by atoms with van der Waals surface area (Å²) in [6, 6.07) is 9.67. The Morgan fingerprint density at radius 3 is 2.27 bits per heavy atom. The van der Waals surface area contributed by atoms with E-state index >= 15 is 0 Å². The van der Waals surface area contributed by atoms with Gasteiger partial charge in [0.25, 0.3) is 0 Å². The molecule has 0 saturated heterocycles. The first kappa shape index (κ1) is 14.6. The van der Waals surface area contributed by atoms with Gasteiger partial charge in [0.15, 0.2) is 5.43 Å². The van der Waals surface area contributed by atoms with E-state index in [1.807, 2.05) is 32.0 Å². The fraction of sp³-hybridized carbons (Fsp3) is 0.250. The molecule has 0 aliphatic heterocycles. The van der Waals surface area contributed by atoms with Crippen LogP contribution in [0.2, 0.25) is 0 Å². The smallest absolute Gasteiger partial charge is 0.193 e. The average Bonchev–Trinajstić information content (AvgIpc) is 2.43. The van der Waals surface area contributed by atoms with Gasteiger partial charge < -0.3 is 4.42 Å². The molecule has 1 heterocycles. The van der Waals surface area contributed by atoms with Crippen molar-refractivity contribution in [3.05, 3.63) is 68.4 Å². The van der Waals surface area contributed by atoms with Crippen molar-refractivity contribution in [1.82, 2.24) is 0 Å². The van der Waals surface area contributed by atoms with Crippen LogP contribution in [0.25, 0.3) is 22.3 Å². The molecule has 0 N–H and O–H groups in total. The van der Waals surface area contributed by atoms with E-state index in [1.165, 1.54) is 11.1 Å². The van der Waals surface area contributed by atoms with E-state index in [0.717, 1.165) is 22.3 Å². The van der Waals surface area contributed by atoms with E-state index in [1.54, 1.807) is 6.07 Å². The number of aryl methyl sites for hydroxylation is 3. The normalized spacial score (nSPS) is 11.1. The maximum absolute atomic E-state index is 12.5. The third kappa shape index (κ3) is 2.25. The zero-order chi connectivity index (χ0) is 16.0. The van der Waals surface area contributed by atoms with Crippen LogP contribution in [0.3, 0.4) is 0 Å². The van der Waals surface area contributed by atoms with Crippen LogP contribution in [-0.4, -0.2) is 0 Å². The Labute approximate surface area is 130 Å². The second-order valence-corrected chi connectivity index (χ2v) is 6.11. The van der Waals surface area contributed by atoms with Gasteiger partial charge in [-0.05, 0) is 68.5 Å². The molecular formula is C20H20O2. The van der Waals surface area contributed by atoms with Crippen LogP contribution in [-0.2, 0) is 0 Å². The Morgan fingerprint density at radius 1 is 0.818 bits per heavy atom. The van der Waals surface area contributed by atoms with Crippen molar-refractivity contribution in [3.63, 3.8) is 0 Å². The number of rotatable bonds is 1. The topological polar surface area (TPSA) is 30.2 Å². The Bertz CT molecular complexity index is 946. The molecule has 0 saturated carbocycles. The van der Waals surface area contributed by atoms with Crippen molar-refractivity contribution in [2.75, 3.05) is 0 Å². The molecule has 0 unspecified atom stereocenters. The summed E-state index contributed by atoms with van der Waals surface area (Å²) in [5, 5.41) is 0.677. The maximum Gasteiger partial charge on any atom is 0.193 e. The highest BCUT2D eigenvalue weighted by atomic mass is 16.3. The molecule has 1 aromatic heterocycles. The molecule has 0 atom stereocenters. The highest BCUT2D eigenvalue weighted by Gasteiger charge is 2.12. The largest absolute Gasteiger partial charge is 0.456 e. The first-order chi connectivity index (χ1) is 10.4. The minimum atomic E-state index is 0.0198. The fourth-order valence-corrected chi connectivity index (χ4v) is 3.02. The van der Waals surface area contributed by atoms with Crippen LogP contribution >= 0.6 is 0 Å². The van der Waals surface area contributed by atoms with Crippen molar-refractivity contribution in [2.24, 2.45) is 0 Å². The fourth-order valence-electron chi connectivity index (χ4n) is 3.02. The van der Waals surface area contributed by atoms with Gasteiger partial charge >= 0.3 is 0 Å². The number of fused-ring (bicyclic) bond motifs is 1. The minimum Gasteiger partial charge on any atom is -0.456 e. The molecule has 2 nitrogen and oxygen atoms in total. The number of hydrogen-bond donors (Lipinski definition) is 0. The molecular weight excluding hydrogens is 272 g/mol. The SMILES string of the molecule is Cc1cc(C)c2c(=O)cc(-c3ccc(C)c(C)c3C)oc2c1. The average molecular weight is 292 g/mol. The lowest BCUT2D eigenvalue weighted by Crippen LogP contribution is -2.03. The molecule has 0 bridgehead atoms. The van der Waals surface area contributed by atoms with Crippen molar-refractivity contribution in [1.29, 1.82) is 0 Å². The number of benzene rings is 2. The summed E-state index contributed by atoms with van der Waals surface area (Å²) in [7, 11) is 0. The molecule has 2 heteroatoms. The van der Waals surface area contributed by atoms with E-state index in [2.05, 4.69) is 26.8 Å². The second kappa shape index (κ2) is 5.13. The Hall–Kier alpha value is -2.35. The van der Waals surface area contributed by atoms with Gasteiger partial charge in [0.1, 0.15) is 11.3 Å². The molecule has 112 valence electrons. The maximum atomic E-state index is 12.5. The quantitative estimate of drug-likeness (QED) is 0.631. The summed E-state index contributed by atoms with van der Waals surface area (Å²) in [4.78, 5) is 12.5. The summed E-state index contributed by atoms with van der Waals surface area (Å²) < 4.78 is 6.07. The number of hydrogen-bond acceptors (Lipinski definition) is 2. The third-order valence-electron chi connectivity index (χ3n) is 4.50. The highest BCUT2D eigenvalue weighted by Crippen LogP contribution is 2.29. The van der Waals surface area contributed by atoms with Gasteiger partial charge in [-0.15, -0.1) is 0 Å². The zero-order valence-electron chi connectivity index (χ0n) is 13.7. The summed E-state index contributed by atoms with van der Waals surface area (Å²) in [5.74, 6) is 0.642. The predicted octanol–water partition coefficient (Wildman–Crippen LogP) is 5.00. The summed E-state index contributed by atoms with van der Waals surface area (Å²) >= 11 is 0. The van der Waals surface area contributed by atoms with Gasteiger partial charge in [0, 0.05) is 11.6 Å². The third-order valence-corrected chi connectivity index (χ3v) is 4.50. The van der Waals surface area contributed by atoms with Crippen LogP contribution in [0.4, 0.5) is 0 Å². The molecule has 0 spiro atoms. The van der Waals surface area contributed by atoms with E-state index in [9.17, 15) is 4.79 Å². The second-order valence-electron chi connectivity index (χ2n) is 6.11. The first-order valence-corrected chi connectivity index (χ1v) is 7.51. The van der Waals surface area contributed by atoms with E-state index in [4.69, 9.17) is 4.42 Å². The van der Waals surface area contributed by atoms with Gasteiger partial charge in [-0.1, -0.05) is 18.2 Å². The highest BCUT2D eigenvalue weighted by molar-refractivity contribution is 5.83. The lowest BCUT2D eigenvalue weighted by molar-refractivity contribution is 0.617. The molecule has 3 aromatic rings. The molecule has 0 radical (unpaired) electrons. The van der Waals surface area contributed by atoms with Crippen LogP contribution in [0.1, 0.15) is 27.8 Å². The molecule has 0 aliphatic rings. The monoisotopic (exact) mass is 292 g/mol. The molecule has 0 aliphatic carbocycles. The van der Waals surface area contributed by atoms with Gasteiger partial charge in [-0.25, -0.2) is 0 Å². The molecule has 0 fully saturated rings. The van der Waals surface area contributed by atoms with Gasteiger partial charge in [0.05, 0.1) is 5.39 Å².